The van der Waals surface area contributed by atoms with E-state index >= 15 is 0 Å². The lowest BCUT2D eigenvalue weighted by Gasteiger charge is -2.21. The number of rotatable bonds is 9. The molecule has 3 heteroatoms. The Bertz CT molecular complexity index is 337. The zero-order valence-corrected chi connectivity index (χ0v) is 12.5. The van der Waals surface area contributed by atoms with Gasteiger partial charge >= 0.3 is 0 Å². The van der Waals surface area contributed by atoms with Crippen molar-refractivity contribution in [1.82, 2.24) is 5.32 Å². The highest BCUT2D eigenvalue weighted by molar-refractivity contribution is 5.45. The number of anilines is 1. The van der Waals surface area contributed by atoms with E-state index in [0.29, 0.717) is 6.04 Å². The van der Waals surface area contributed by atoms with Gasteiger partial charge in [0.2, 0.25) is 0 Å². The number of hydrogen-bond donors (Lipinski definition) is 1. The van der Waals surface area contributed by atoms with Gasteiger partial charge in [-0.2, -0.15) is 0 Å². The second-order valence-electron chi connectivity index (χ2n) is 5.10. The van der Waals surface area contributed by atoms with Gasteiger partial charge in [-0.3, -0.25) is 0 Å². The molecule has 0 spiro atoms. The highest BCUT2D eigenvalue weighted by atomic mass is 19.1. The molecule has 1 rings (SSSR count). The average molecular weight is 266 g/mol. The van der Waals surface area contributed by atoms with Crippen LogP contribution in [0.2, 0.25) is 0 Å². The lowest BCUT2D eigenvalue weighted by atomic mass is 10.1. The third-order valence-corrected chi connectivity index (χ3v) is 3.49. The molecule has 0 saturated heterocycles. The summed E-state index contributed by atoms with van der Waals surface area (Å²) < 4.78 is 12.8. The van der Waals surface area contributed by atoms with Crippen LogP contribution >= 0.6 is 0 Å². The predicted octanol–water partition coefficient (Wildman–Crippen LogP) is 3.82. The number of halogens is 1. The van der Waals surface area contributed by atoms with E-state index in [4.69, 9.17) is 0 Å². The number of nitrogens with zero attached hydrogens (tertiary/aromatic N) is 1. The van der Waals surface area contributed by atoms with E-state index in [9.17, 15) is 4.39 Å². The molecule has 0 radical (unpaired) electrons. The molecule has 0 bridgehead atoms. The van der Waals surface area contributed by atoms with E-state index in [-0.39, 0.29) is 5.82 Å². The summed E-state index contributed by atoms with van der Waals surface area (Å²) in [7, 11) is 2.06. The second kappa shape index (κ2) is 8.92. The fraction of sp³-hybridized carbons (Fsp3) is 0.625. The molecule has 108 valence electrons. The summed E-state index contributed by atoms with van der Waals surface area (Å²) in [6.07, 6.45) is 4.72. The molecular weight excluding hydrogens is 239 g/mol. The third-order valence-electron chi connectivity index (χ3n) is 3.49. The van der Waals surface area contributed by atoms with Crippen LogP contribution in [0.15, 0.2) is 24.3 Å². The molecule has 0 saturated carbocycles. The van der Waals surface area contributed by atoms with Gasteiger partial charge < -0.3 is 10.2 Å². The van der Waals surface area contributed by atoms with Gasteiger partial charge in [0.05, 0.1) is 0 Å². The van der Waals surface area contributed by atoms with E-state index in [2.05, 4.69) is 31.1 Å². The number of hydrogen-bond acceptors (Lipinski definition) is 2. The lowest BCUT2D eigenvalue weighted by molar-refractivity contribution is 0.457. The first-order chi connectivity index (χ1) is 9.17. The molecule has 1 aromatic carbocycles. The van der Waals surface area contributed by atoms with Crippen LogP contribution < -0.4 is 10.2 Å². The van der Waals surface area contributed by atoms with Crippen molar-refractivity contribution < 1.29 is 4.39 Å². The normalized spacial score (nSPS) is 12.4. The molecule has 0 aliphatic heterocycles. The van der Waals surface area contributed by atoms with Gasteiger partial charge in [-0.05, 0) is 56.5 Å². The molecule has 0 aliphatic carbocycles. The van der Waals surface area contributed by atoms with Crippen LogP contribution in [0, 0.1) is 5.82 Å². The first kappa shape index (κ1) is 16.0. The molecule has 2 nitrogen and oxygen atoms in total. The summed E-state index contributed by atoms with van der Waals surface area (Å²) in [5, 5.41) is 3.57. The Labute approximate surface area is 117 Å². The van der Waals surface area contributed by atoms with Crippen molar-refractivity contribution in [3.63, 3.8) is 0 Å². The van der Waals surface area contributed by atoms with Crippen molar-refractivity contribution in [3.8, 4) is 0 Å². The van der Waals surface area contributed by atoms with E-state index in [1.165, 1.54) is 31.4 Å². The summed E-state index contributed by atoms with van der Waals surface area (Å²) >= 11 is 0. The SMILES string of the molecule is CCCNC(CC)CCCN(C)c1ccc(F)cc1. The highest BCUT2D eigenvalue weighted by Crippen LogP contribution is 2.14. The van der Waals surface area contributed by atoms with E-state index in [1.807, 2.05) is 12.1 Å². The van der Waals surface area contributed by atoms with E-state index in [1.54, 1.807) is 0 Å². The number of nitrogens with one attached hydrogen (secondary N) is 1. The van der Waals surface area contributed by atoms with Gasteiger partial charge in [-0.1, -0.05) is 13.8 Å². The topological polar surface area (TPSA) is 15.3 Å². The summed E-state index contributed by atoms with van der Waals surface area (Å²) in [5.74, 6) is -0.174. The van der Waals surface area contributed by atoms with Crippen LogP contribution in [0.5, 0.6) is 0 Å². The van der Waals surface area contributed by atoms with Crippen LogP contribution in [-0.4, -0.2) is 26.2 Å². The zero-order valence-electron chi connectivity index (χ0n) is 12.5. The summed E-state index contributed by atoms with van der Waals surface area (Å²) in [4.78, 5) is 2.19. The highest BCUT2D eigenvalue weighted by Gasteiger charge is 2.06. The van der Waals surface area contributed by atoms with Gasteiger partial charge in [-0.15, -0.1) is 0 Å². The largest absolute Gasteiger partial charge is 0.375 e. The lowest BCUT2D eigenvalue weighted by Crippen LogP contribution is -2.30. The Balaban J connectivity index is 2.29. The van der Waals surface area contributed by atoms with Crippen molar-refractivity contribution >= 4 is 5.69 Å². The minimum atomic E-state index is -0.174. The Kier molecular flexibility index (Phi) is 7.49. The summed E-state index contributed by atoms with van der Waals surface area (Å²) in [5.41, 5.74) is 1.08. The molecule has 0 amide bonds. The third kappa shape index (κ3) is 6.06. The standard InChI is InChI=1S/C16H27FN2/c1-4-12-18-15(5-2)7-6-13-19(3)16-10-8-14(17)9-11-16/h8-11,15,18H,4-7,12-13H2,1-3H3. The Morgan fingerprint density at radius 3 is 2.47 bits per heavy atom. The fourth-order valence-electron chi connectivity index (χ4n) is 2.20. The van der Waals surface area contributed by atoms with E-state index < -0.39 is 0 Å². The van der Waals surface area contributed by atoms with Crippen molar-refractivity contribution in [3.05, 3.63) is 30.1 Å². The van der Waals surface area contributed by atoms with Gasteiger partial charge in [0, 0.05) is 25.3 Å². The Hall–Kier alpha value is -1.09. The molecule has 1 aromatic rings. The maximum atomic E-state index is 12.8. The van der Waals surface area contributed by atoms with Crippen molar-refractivity contribution in [2.24, 2.45) is 0 Å². The van der Waals surface area contributed by atoms with Gasteiger partial charge in [0.15, 0.2) is 0 Å². The van der Waals surface area contributed by atoms with Gasteiger partial charge in [-0.25, -0.2) is 4.39 Å². The van der Waals surface area contributed by atoms with Crippen LogP contribution in [0.1, 0.15) is 39.5 Å². The summed E-state index contributed by atoms with van der Waals surface area (Å²) in [6.45, 7) is 6.54. The Morgan fingerprint density at radius 1 is 1.21 bits per heavy atom. The Morgan fingerprint density at radius 2 is 1.89 bits per heavy atom. The molecule has 0 aromatic heterocycles. The molecule has 0 aliphatic rings. The molecule has 1 atom stereocenters. The molecule has 1 N–H and O–H groups in total. The fourth-order valence-corrected chi connectivity index (χ4v) is 2.20. The van der Waals surface area contributed by atoms with E-state index in [0.717, 1.165) is 25.2 Å². The van der Waals surface area contributed by atoms with Crippen molar-refractivity contribution in [1.29, 1.82) is 0 Å². The molecular formula is C16H27FN2. The van der Waals surface area contributed by atoms with Crippen LogP contribution in [0.4, 0.5) is 10.1 Å². The van der Waals surface area contributed by atoms with Gasteiger partial charge in [0.25, 0.3) is 0 Å². The number of benzene rings is 1. The predicted molar refractivity (Wildman–Crippen MR) is 81.3 cm³/mol. The summed E-state index contributed by atoms with van der Waals surface area (Å²) in [6, 6.07) is 7.33. The molecule has 0 heterocycles. The van der Waals surface area contributed by atoms with Crippen LogP contribution in [0.25, 0.3) is 0 Å². The first-order valence-corrected chi connectivity index (χ1v) is 7.37. The maximum absolute atomic E-state index is 12.8. The minimum Gasteiger partial charge on any atom is -0.375 e. The molecule has 19 heavy (non-hydrogen) atoms. The molecule has 0 fully saturated rings. The molecule has 1 unspecified atom stereocenters. The quantitative estimate of drug-likeness (QED) is 0.731. The van der Waals surface area contributed by atoms with Gasteiger partial charge in [0.1, 0.15) is 5.82 Å². The van der Waals surface area contributed by atoms with Crippen LogP contribution in [-0.2, 0) is 0 Å². The average Bonchev–Trinajstić information content (AvgIpc) is 2.43. The van der Waals surface area contributed by atoms with Crippen molar-refractivity contribution in [2.45, 2.75) is 45.6 Å². The van der Waals surface area contributed by atoms with Crippen LogP contribution in [0.3, 0.4) is 0 Å². The van der Waals surface area contributed by atoms with Crippen molar-refractivity contribution in [2.75, 3.05) is 25.0 Å². The maximum Gasteiger partial charge on any atom is 0.123 e. The zero-order chi connectivity index (χ0) is 14.1. The second-order valence-corrected chi connectivity index (χ2v) is 5.10. The first-order valence-electron chi connectivity index (χ1n) is 7.37. The monoisotopic (exact) mass is 266 g/mol. The minimum absolute atomic E-state index is 0.174. The smallest absolute Gasteiger partial charge is 0.123 e.